The maximum absolute atomic E-state index is 13.5. The molecule has 0 aliphatic heterocycles. The molecule has 0 saturated carbocycles. The van der Waals surface area contributed by atoms with Crippen molar-refractivity contribution in [2.24, 2.45) is 0 Å². The Balaban J connectivity index is 2.30. The quantitative estimate of drug-likeness (QED) is 0.506. The van der Waals surface area contributed by atoms with Gasteiger partial charge in [0.05, 0.1) is 11.2 Å². The maximum atomic E-state index is 13.5. The Bertz CT molecular complexity index is 609. The molecule has 1 aromatic heterocycles. The van der Waals surface area contributed by atoms with Crippen LogP contribution in [0.2, 0.25) is 10.0 Å². The predicted molar refractivity (Wildman–Crippen MR) is 82.4 cm³/mol. The summed E-state index contributed by atoms with van der Waals surface area (Å²) in [7, 11) is 0. The third kappa shape index (κ3) is 3.49. The largest absolute Gasteiger partial charge is 0.484 e. The smallest absolute Gasteiger partial charge is 0.142 e. The molecule has 0 amide bonds. The molecule has 2 rings (SSSR count). The lowest BCUT2D eigenvalue weighted by molar-refractivity contribution is 0.225. The number of benzene rings is 1. The van der Waals surface area contributed by atoms with Gasteiger partial charge in [0.1, 0.15) is 17.7 Å². The van der Waals surface area contributed by atoms with Gasteiger partial charge in [-0.05, 0) is 47.7 Å². The van der Waals surface area contributed by atoms with Gasteiger partial charge in [0.15, 0.2) is 0 Å². The summed E-state index contributed by atoms with van der Waals surface area (Å²) in [5.41, 5.74) is 0.433. The molecule has 6 heteroatoms. The third-order valence-corrected chi connectivity index (χ3v) is 3.78. The first-order chi connectivity index (χ1) is 8.99. The topological polar surface area (TPSA) is 22.1 Å². The molecule has 2 aromatic rings. The van der Waals surface area contributed by atoms with Crippen molar-refractivity contribution in [1.82, 2.24) is 4.98 Å². The molecule has 0 saturated heterocycles. The van der Waals surface area contributed by atoms with E-state index in [0.29, 0.717) is 16.3 Å². The van der Waals surface area contributed by atoms with Crippen molar-refractivity contribution in [3.05, 3.63) is 55.6 Å². The van der Waals surface area contributed by atoms with Crippen LogP contribution >= 0.6 is 45.8 Å². The van der Waals surface area contributed by atoms with E-state index in [-0.39, 0.29) is 5.02 Å². The van der Waals surface area contributed by atoms with E-state index >= 15 is 0 Å². The van der Waals surface area contributed by atoms with Crippen molar-refractivity contribution in [1.29, 1.82) is 0 Å². The molecule has 0 fully saturated rings. The first-order valence-electron chi connectivity index (χ1n) is 5.39. The molecule has 0 aliphatic carbocycles. The van der Waals surface area contributed by atoms with Gasteiger partial charge in [-0.1, -0.05) is 23.2 Å². The minimum absolute atomic E-state index is 0.0152. The Hall–Kier alpha value is -0.590. The summed E-state index contributed by atoms with van der Waals surface area (Å²) in [6, 6.07) is 4.52. The van der Waals surface area contributed by atoms with Gasteiger partial charge in [-0.25, -0.2) is 4.39 Å². The zero-order valence-corrected chi connectivity index (χ0v) is 13.5. The van der Waals surface area contributed by atoms with Crippen molar-refractivity contribution in [3.8, 4) is 5.75 Å². The molecular formula is C13H9Cl2FINO. The Labute approximate surface area is 134 Å². The number of rotatable bonds is 3. The van der Waals surface area contributed by atoms with Crippen LogP contribution in [0.3, 0.4) is 0 Å². The lowest BCUT2D eigenvalue weighted by Gasteiger charge is -2.17. The molecule has 0 bridgehead atoms. The average Bonchev–Trinajstić information content (AvgIpc) is 2.34. The van der Waals surface area contributed by atoms with Crippen LogP contribution in [0, 0.1) is 9.39 Å². The van der Waals surface area contributed by atoms with Crippen LogP contribution in [0.1, 0.15) is 18.6 Å². The van der Waals surface area contributed by atoms with Gasteiger partial charge in [0.25, 0.3) is 0 Å². The SMILES string of the molecule is CC(Oc1cncc(I)c1)c1c(Cl)ccc(F)c1Cl. The minimum atomic E-state index is -0.516. The Morgan fingerprint density at radius 1 is 1.32 bits per heavy atom. The van der Waals surface area contributed by atoms with E-state index in [9.17, 15) is 4.39 Å². The number of pyridine rings is 1. The number of nitrogens with zero attached hydrogens (tertiary/aromatic N) is 1. The molecule has 0 radical (unpaired) electrons. The van der Waals surface area contributed by atoms with Gasteiger partial charge >= 0.3 is 0 Å². The number of hydrogen-bond donors (Lipinski definition) is 0. The number of ether oxygens (including phenoxy) is 1. The molecule has 0 N–H and O–H groups in total. The summed E-state index contributed by atoms with van der Waals surface area (Å²) in [5, 5.41) is 0.357. The van der Waals surface area contributed by atoms with Crippen LogP contribution in [0.15, 0.2) is 30.6 Å². The summed E-state index contributed by atoms with van der Waals surface area (Å²) < 4.78 is 20.1. The fourth-order valence-electron chi connectivity index (χ4n) is 1.64. The van der Waals surface area contributed by atoms with Gasteiger partial charge in [-0.3, -0.25) is 4.98 Å². The standard InChI is InChI=1S/C13H9Cl2FINO/c1-7(19-9-4-8(17)5-18-6-9)12-10(14)2-3-11(16)13(12)15/h2-7H,1H3. The second kappa shape index (κ2) is 6.24. The monoisotopic (exact) mass is 411 g/mol. The molecule has 1 heterocycles. The van der Waals surface area contributed by atoms with E-state index in [1.54, 1.807) is 19.3 Å². The third-order valence-electron chi connectivity index (χ3n) is 2.48. The highest BCUT2D eigenvalue weighted by Crippen LogP contribution is 2.34. The van der Waals surface area contributed by atoms with Crippen molar-refractivity contribution >= 4 is 45.8 Å². The van der Waals surface area contributed by atoms with Gasteiger partial charge in [-0.15, -0.1) is 0 Å². The lowest BCUT2D eigenvalue weighted by Crippen LogP contribution is -2.06. The van der Waals surface area contributed by atoms with Crippen LogP contribution in [0.4, 0.5) is 4.39 Å². The maximum Gasteiger partial charge on any atom is 0.142 e. The Morgan fingerprint density at radius 3 is 2.74 bits per heavy atom. The van der Waals surface area contributed by atoms with Crippen LogP contribution in [0.25, 0.3) is 0 Å². The van der Waals surface area contributed by atoms with Gasteiger partial charge in [0, 0.05) is 20.4 Å². The van der Waals surface area contributed by atoms with Crippen molar-refractivity contribution in [2.45, 2.75) is 13.0 Å². The highest BCUT2D eigenvalue weighted by Gasteiger charge is 2.18. The van der Waals surface area contributed by atoms with E-state index in [2.05, 4.69) is 27.6 Å². The summed E-state index contributed by atoms with van der Waals surface area (Å²) >= 11 is 14.1. The summed E-state index contributed by atoms with van der Waals surface area (Å²) in [6.07, 6.45) is 2.82. The molecule has 19 heavy (non-hydrogen) atoms. The van der Waals surface area contributed by atoms with Crippen molar-refractivity contribution in [2.75, 3.05) is 0 Å². The van der Waals surface area contributed by atoms with Crippen molar-refractivity contribution in [3.63, 3.8) is 0 Å². The summed E-state index contributed by atoms with van der Waals surface area (Å²) in [4.78, 5) is 4.02. The normalized spacial score (nSPS) is 12.3. The van der Waals surface area contributed by atoms with E-state index in [1.807, 2.05) is 6.07 Å². The Morgan fingerprint density at radius 2 is 2.05 bits per heavy atom. The summed E-state index contributed by atoms with van der Waals surface area (Å²) in [6.45, 7) is 1.76. The molecule has 100 valence electrons. The number of aromatic nitrogens is 1. The van der Waals surface area contributed by atoms with Crippen LogP contribution in [0.5, 0.6) is 5.75 Å². The van der Waals surface area contributed by atoms with Gasteiger partial charge in [0.2, 0.25) is 0 Å². The summed E-state index contributed by atoms with van der Waals surface area (Å²) in [5.74, 6) is 0.0630. The molecule has 1 unspecified atom stereocenters. The highest BCUT2D eigenvalue weighted by atomic mass is 127. The van der Waals surface area contributed by atoms with Gasteiger partial charge < -0.3 is 4.74 Å². The number of halogens is 4. The van der Waals surface area contributed by atoms with E-state index < -0.39 is 11.9 Å². The minimum Gasteiger partial charge on any atom is -0.484 e. The average molecular weight is 412 g/mol. The Kier molecular flexibility index (Phi) is 4.86. The van der Waals surface area contributed by atoms with E-state index in [1.165, 1.54) is 12.1 Å². The molecule has 0 spiro atoms. The van der Waals surface area contributed by atoms with E-state index in [4.69, 9.17) is 27.9 Å². The van der Waals surface area contributed by atoms with E-state index in [0.717, 1.165) is 3.57 Å². The molecule has 1 aromatic carbocycles. The fraction of sp³-hybridized carbons (Fsp3) is 0.154. The van der Waals surface area contributed by atoms with Crippen LogP contribution in [-0.4, -0.2) is 4.98 Å². The fourth-order valence-corrected chi connectivity index (χ4v) is 2.78. The molecular weight excluding hydrogens is 403 g/mol. The highest BCUT2D eigenvalue weighted by molar-refractivity contribution is 14.1. The zero-order valence-electron chi connectivity index (χ0n) is 9.83. The molecule has 2 nitrogen and oxygen atoms in total. The predicted octanol–water partition coefficient (Wildman–Crippen LogP) is 5.27. The molecule has 1 atom stereocenters. The van der Waals surface area contributed by atoms with Crippen LogP contribution < -0.4 is 4.74 Å². The van der Waals surface area contributed by atoms with Crippen molar-refractivity contribution < 1.29 is 9.13 Å². The first-order valence-corrected chi connectivity index (χ1v) is 7.23. The number of hydrogen-bond acceptors (Lipinski definition) is 2. The lowest BCUT2D eigenvalue weighted by atomic mass is 10.1. The second-order valence-electron chi connectivity index (χ2n) is 3.86. The first kappa shape index (κ1) is 14.8. The zero-order chi connectivity index (χ0) is 14.0. The molecule has 0 aliphatic rings. The second-order valence-corrected chi connectivity index (χ2v) is 5.89. The van der Waals surface area contributed by atoms with Crippen LogP contribution in [-0.2, 0) is 0 Å². The van der Waals surface area contributed by atoms with Gasteiger partial charge in [-0.2, -0.15) is 0 Å².